The lowest BCUT2D eigenvalue weighted by atomic mass is 9.53. The Morgan fingerprint density at radius 1 is 1.42 bits per heavy atom. The molecule has 0 bridgehead atoms. The molecule has 1 aliphatic heterocycles. The SMILES string of the molecule is C=C1C(C)CCC2(C)CC3(O)OC(=O)C(C)C3CC12. The number of aliphatic hydroxyl groups is 1. The Bertz CT molecular complexity index is 443. The lowest BCUT2D eigenvalue weighted by Gasteiger charge is -2.53. The maximum atomic E-state index is 11.8. The molecule has 0 spiro atoms. The Hall–Kier alpha value is -0.830. The molecule has 0 amide bonds. The van der Waals surface area contributed by atoms with Crippen molar-refractivity contribution in [3.8, 4) is 0 Å². The van der Waals surface area contributed by atoms with Crippen LogP contribution < -0.4 is 0 Å². The van der Waals surface area contributed by atoms with Gasteiger partial charge in [0.05, 0.1) is 5.92 Å². The van der Waals surface area contributed by atoms with Crippen LogP contribution in [0.3, 0.4) is 0 Å². The largest absolute Gasteiger partial charge is 0.433 e. The summed E-state index contributed by atoms with van der Waals surface area (Å²) in [5.41, 5.74) is 1.33. The fourth-order valence-electron chi connectivity index (χ4n) is 4.63. The molecule has 3 fully saturated rings. The Labute approximate surface area is 115 Å². The van der Waals surface area contributed by atoms with Crippen LogP contribution in [-0.4, -0.2) is 16.9 Å². The van der Waals surface area contributed by atoms with Gasteiger partial charge in [-0.05, 0) is 36.5 Å². The molecule has 0 radical (unpaired) electrons. The first-order chi connectivity index (χ1) is 8.77. The Balaban J connectivity index is 1.95. The quantitative estimate of drug-likeness (QED) is 0.540. The van der Waals surface area contributed by atoms with E-state index >= 15 is 0 Å². The summed E-state index contributed by atoms with van der Waals surface area (Å²) < 4.78 is 5.33. The summed E-state index contributed by atoms with van der Waals surface area (Å²) in [6, 6.07) is 0. The first-order valence-corrected chi connectivity index (χ1v) is 7.41. The lowest BCUT2D eigenvalue weighted by molar-refractivity contribution is -0.238. The van der Waals surface area contributed by atoms with Gasteiger partial charge in [-0.2, -0.15) is 0 Å². The number of esters is 1. The molecule has 1 saturated heterocycles. The molecular weight excluding hydrogens is 240 g/mol. The molecule has 0 aromatic rings. The van der Waals surface area contributed by atoms with Gasteiger partial charge in [0.25, 0.3) is 0 Å². The Morgan fingerprint density at radius 3 is 2.79 bits per heavy atom. The van der Waals surface area contributed by atoms with Crippen molar-refractivity contribution in [3.63, 3.8) is 0 Å². The van der Waals surface area contributed by atoms with Gasteiger partial charge in [0.1, 0.15) is 0 Å². The fraction of sp³-hybridized carbons (Fsp3) is 0.812. The topological polar surface area (TPSA) is 46.5 Å². The summed E-state index contributed by atoms with van der Waals surface area (Å²) in [4.78, 5) is 11.8. The van der Waals surface area contributed by atoms with Gasteiger partial charge >= 0.3 is 5.97 Å². The summed E-state index contributed by atoms with van der Waals surface area (Å²) in [6.45, 7) is 10.6. The third-order valence-electron chi connectivity index (χ3n) is 6.05. The number of fused-ring (bicyclic) bond motifs is 2. The number of ether oxygens (including phenoxy) is 1. The van der Waals surface area contributed by atoms with Gasteiger partial charge in [-0.3, -0.25) is 4.79 Å². The molecule has 3 aliphatic rings. The molecule has 2 aliphatic carbocycles. The summed E-state index contributed by atoms with van der Waals surface area (Å²) in [5, 5.41) is 10.7. The first-order valence-electron chi connectivity index (χ1n) is 7.41. The van der Waals surface area contributed by atoms with E-state index in [1.54, 1.807) is 0 Å². The van der Waals surface area contributed by atoms with Gasteiger partial charge in [-0.1, -0.05) is 32.9 Å². The van der Waals surface area contributed by atoms with Crippen LogP contribution in [0.4, 0.5) is 0 Å². The summed E-state index contributed by atoms with van der Waals surface area (Å²) in [5.74, 6) is -0.771. The normalized spacial score (nSPS) is 53.5. The van der Waals surface area contributed by atoms with Crippen LogP contribution in [0.15, 0.2) is 12.2 Å². The molecule has 1 N–H and O–H groups in total. The minimum atomic E-state index is -1.23. The van der Waals surface area contributed by atoms with E-state index in [1.807, 2.05) is 6.92 Å². The van der Waals surface area contributed by atoms with E-state index in [2.05, 4.69) is 20.4 Å². The summed E-state index contributed by atoms with van der Waals surface area (Å²) in [6.07, 6.45) is 3.61. The van der Waals surface area contributed by atoms with Crippen LogP contribution in [0.25, 0.3) is 0 Å². The van der Waals surface area contributed by atoms with Gasteiger partial charge in [0.2, 0.25) is 5.79 Å². The molecule has 3 heteroatoms. The number of hydrogen-bond donors (Lipinski definition) is 1. The van der Waals surface area contributed by atoms with Crippen LogP contribution in [0, 0.1) is 29.1 Å². The standard InChI is InChI=1S/C16H24O3/c1-9-5-6-15(4)8-16(18)13(7-12(15)10(9)2)11(3)14(17)19-16/h9,11-13,18H,2,5-8H2,1,3-4H3. The fourth-order valence-corrected chi connectivity index (χ4v) is 4.63. The molecule has 6 unspecified atom stereocenters. The molecule has 1 heterocycles. The van der Waals surface area contributed by atoms with E-state index in [9.17, 15) is 9.90 Å². The highest BCUT2D eigenvalue weighted by atomic mass is 16.7. The molecular formula is C16H24O3. The van der Waals surface area contributed by atoms with E-state index in [4.69, 9.17) is 4.74 Å². The number of allylic oxidation sites excluding steroid dienone is 1. The highest BCUT2D eigenvalue weighted by molar-refractivity contribution is 5.75. The molecule has 6 atom stereocenters. The van der Waals surface area contributed by atoms with Crippen LogP contribution in [0.5, 0.6) is 0 Å². The van der Waals surface area contributed by atoms with E-state index in [0.29, 0.717) is 18.3 Å². The zero-order valence-electron chi connectivity index (χ0n) is 12.1. The molecule has 106 valence electrons. The first kappa shape index (κ1) is 13.2. The predicted octanol–water partition coefficient (Wildman–Crippen LogP) is 2.89. The van der Waals surface area contributed by atoms with Crippen molar-refractivity contribution >= 4 is 5.97 Å². The molecule has 2 saturated carbocycles. The lowest BCUT2D eigenvalue weighted by Crippen LogP contribution is -2.52. The average molecular weight is 264 g/mol. The van der Waals surface area contributed by atoms with Crippen LogP contribution in [0.2, 0.25) is 0 Å². The van der Waals surface area contributed by atoms with Crippen molar-refractivity contribution in [2.24, 2.45) is 29.1 Å². The second kappa shape index (κ2) is 3.85. The predicted molar refractivity (Wildman–Crippen MR) is 72.1 cm³/mol. The van der Waals surface area contributed by atoms with Gasteiger partial charge in [-0.15, -0.1) is 0 Å². The number of carbonyl (C=O) groups excluding carboxylic acids is 1. The van der Waals surface area contributed by atoms with E-state index in [1.165, 1.54) is 5.57 Å². The van der Waals surface area contributed by atoms with Crippen molar-refractivity contribution in [1.29, 1.82) is 0 Å². The summed E-state index contributed by atoms with van der Waals surface area (Å²) >= 11 is 0. The van der Waals surface area contributed by atoms with Gasteiger partial charge in [-0.25, -0.2) is 0 Å². The number of carbonyl (C=O) groups is 1. The Morgan fingerprint density at radius 2 is 2.11 bits per heavy atom. The highest BCUT2D eigenvalue weighted by Crippen LogP contribution is 2.60. The van der Waals surface area contributed by atoms with E-state index in [-0.39, 0.29) is 23.2 Å². The minimum Gasteiger partial charge on any atom is -0.433 e. The third-order valence-corrected chi connectivity index (χ3v) is 6.05. The average Bonchev–Trinajstić information content (AvgIpc) is 2.53. The molecule has 3 nitrogen and oxygen atoms in total. The van der Waals surface area contributed by atoms with E-state index in [0.717, 1.165) is 19.3 Å². The van der Waals surface area contributed by atoms with Gasteiger partial charge in [0, 0.05) is 12.3 Å². The Kier molecular flexibility index (Phi) is 2.66. The highest BCUT2D eigenvalue weighted by Gasteiger charge is 2.62. The number of hydrogen-bond acceptors (Lipinski definition) is 3. The van der Waals surface area contributed by atoms with Crippen LogP contribution >= 0.6 is 0 Å². The van der Waals surface area contributed by atoms with Crippen molar-refractivity contribution in [2.45, 2.75) is 52.2 Å². The van der Waals surface area contributed by atoms with Gasteiger partial charge in [0.15, 0.2) is 0 Å². The second-order valence-electron chi connectivity index (χ2n) is 7.29. The second-order valence-corrected chi connectivity index (χ2v) is 7.29. The maximum Gasteiger partial charge on any atom is 0.311 e. The smallest absolute Gasteiger partial charge is 0.311 e. The van der Waals surface area contributed by atoms with Crippen LogP contribution in [-0.2, 0) is 9.53 Å². The molecule has 0 aromatic heterocycles. The van der Waals surface area contributed by atoms with Crippen molar-refractivity contribution in [1.82, 2.24) is 0 Å². The monoisotopic (exact) mass is 264 g/mol. The molecule has 0 aromatic carbocycles. The van der Waals surface area contributed by atoms with Crippen molar-refractivity contribution in [2.75, 3.05) is 0 Å². The zero-order valence-corrected chi connectivity index (χ0v) is 12.1. The maximum absolute atomic E-state index is 11.8. The van der Waals surface area contributed by atoms with Crippen LogP contribution in [0.1, 0.15) is 46.5 Å². The van der Waals surface area contributed by atoms with Crippen molar-refractivity contribution < 1.29 is 14.6 Å². The minimum absolute atomic E-state index is 0.0270. The summed E-state index contributed by atoms with van der Waals surface area (Å²) in [7, 11) is 0. The van der Waals surface area contributed by atoms with Crippen molar-refractivity contribution in [3.05, 3.63) is 12.2 Å². The molecule has 19 heavy (non-hydrogen) atoms. The van der Waals surface area contributed by atoms with Gasteiger partial charge < -0.3 is 9.84 Å². The number of rotatable bonds is 0. The van der Waals surface area contributed by atoms with E-state index < -0.39 is 5.79 Å². The third kappa shape index (κ3) is 1.70. The zero-order chi connectivity index (χ0) is 14.0. The molecule has 3 rings (SSSR count).